The second-order valence-electron chi connectivity index (χ2n) is 7.90. The van der Waals surface area contributed by atoms with E-state index in [4.69, 9.17) is 20.9 Å². The van der Waals surface area contributed by atoms with Gasteiger partial charge in [-0.1, -0.05) is 28.9 Å². The molecule has 0 aliphatic carbocycles. The van der Waals surface area contributed by atoms with Gasteiger partial charge in [0.25, 0.3) is 5.89 Å². The first-order chi connectivity index (χ1) is 16.9. The monoisotopic (exact) mass is 490 g/mol. The van der Waals surface area contributed by atoms with Crippen LogP contribution < -0.4 is 15.0 Å². The van der Waals surface area contributed by atoms with Crippen molar-refractivity contribution in [3.63, 3.8) is 0 Å². The maximum absolute atomic E-state index is 13.5. The summed E-state index contributed by atoms with van der Waals surface area (Å²) in [7, 11) is 1.59. The Bertz CT molecular complexity index is 1400. The number of hydrogen-bond acceptors (Lipinski definition) is 5. The number of rotatable bonds is 5. The second-order valence-corrected chi connectivity index (χ2v) is 8.33. The molecule has 1 aliphatic rings. The molecule has 9 heteroatoms. The molecule has 1 atom stereocenters. The van der Waals surface area contributed by atoms with Gasteiger partial charge in [-0.2, -0.15) is 4.98 Å². The van der Waals surface area contributed by atoms with Crippen LogP contribution in [0, 0.1) is 5.82 Å². The highest BCUT2D eigenvalue weighted by Crippen LogP contribution is 2.39. The Kier molecular flexibility index (Phi) is 5.96. The van der Waals surface area contributed by atoms with Gasteiger partial charge >= 0.3 is 6.03 Å². The van der Waals surface area contributed by atoms with Gasteiger partial charge in [-0.05, 0) is 73.2 Å². The summed E-state index contributed by atoms with van der Waals surface area (Å²) < 4.78 is 24.5. The summed E-state index contributed by atoms with van der Waals surface area (Å²) >= 11 is 6.00. The van der Waals surface area contributed by atoms with E-state index >= 15 is 0 Å². The summed E-state index contributed by atoms with van der Waals surface area (Å²) in [4.78, 5) is 19.3. The molecule has 0 fully saturated rings. The molecule has 3 aromatic carbocycles. The van der Waals surface area contributed by atoms with E-state index in [0.29, 0.717) is 33.6 Å². The number of nitrogens with one attached hydrogen (secondary N) is 1. The van der Waals surface area contributed by atoms with Crippen molar-refractivity contribution >= 4 is 28.9 Å². The Balaban J connectivity index is 1.63. The largest absolute Gasteiger partial charge is 0.497 e. The highest BCUT2D eigenvalue weighted by atomic mass is 35.5. The Morgan fingerprint density at radius 2 is 1.71 bits per heavy atom. The molecule has 35 heavy (non-hydrogen) atoms. The minimum absolute atomic E-state index is 0.250. The topological polar surface area (TPSA) is 80.5 Å². The number of halogens is 2. The fourth-order valence-corrected chi connectivity index (χ4v) is 4.14. The summed E-state index contributed by atoms with van der Waals surface area (Å²) in [6.07, 6.45) is 0. The third-order valence-corrected chi connectivity index (χ3v) is 6.03. The van der Waals surface area contributed by atoms with Crippen LogP contribution in [0.15, 0.2) is 83.0 Å². The predicted octanol–water partition coefficient (Wildman–Crippen LogP) is 6.24. The van der Waals surface area contributed by atoms with Crippen molar-refractivity contribution in [2.75, 3.05) is 12.0 Å². The van der Waals surface area contributed by atoms with Crippen LogP contribution in [0.3, 0.4) is 0 Å². The predicted molar refractivity (Wildman–Crippen MR) is 130 cm³/mol. The van der Waals surface area contributed by atoms with Crippen LogP contribution >= 0.6 is 11.6 Å². The maximum Gasteiger partial charge on any atom is 0.326 e. The summed E-state index contributed by atoms with van der Waals surface area (Å²) in [6.45, 7) is 1.79. The lowest BCUT2D eigenvalue weighted by molar-refractivity contribution is 0.244. The number of aromatic nitrogens is 2. The average molecular weight is 491 g/mol. The smallest absolute Gasteiger partial charge is 0.326 e. The van der Waals surface area contributed by atoms with Crippen LogP contribution in [0.25, 0.3) is 17.0 Å². The standard InChI is InChI=1S/C26H20ClFN4O3/c1-15-22(25-30-24(31-35-25)17-3-7-18(27)8-4-17)23(16-5-13-21(34-2)14-6-16)29-26(33)32(15)20-11-9-19(28)10-12-20/h3-14,23H,1-2H3,(H,29,33). The van der Waals surface area contributed by atoms with Crippen molar-refractivity contribution in [3.8, 4) is 17.1 Å². The number of benzene rings is 3. The van der Waals surface area contributed by atoms with Gasteiger partial charge in [-0.3, -0.25) is 4.90 Å². The zero-order chi connectivity index (χ0) is 24.5. The van der Waals surface area contributed by atoms with Crippen molar-refractivity contribution in [1.29, 1.82) is 0 Å². The minimum atomic E-state index is -0.566. The minimum Gasteiger partial charge on any atom is -0.497 e. The van der Waals surface area contributed by atoms with E-state index in [0.717, 1.165) is 11.1 Å². The molecule has 7 nitrogen and oxygen atoms in total. The van der Waals surface area contributed by atoms with Gasteiger partial charge in [0.2, 0.25) is 5.82 Å². The summed E-state index contributed by atoms with van der Waals surface area (Å²) in [5.41, 5.74) is 3.24. The molecule has 0 saturated heterocycles. The Morgan fingerprint density at radius 3 is 2.37 bits per heavy atom. The third kappa shape index (κ3) is 4.36. The summed E-state index contributed by atoms with van der Waals surface area (Å²) in [5, 5.41) is 7.76. The number of ether oxygens (including phenoxy) is 1. The van der Waals surface area contributed by atoms with E-state index in [2.05, 4.69) is 15.5 Å². The number of hydrogen-bond donors (Lipinski definition) is 1. The lowest BCUT2D eigenvalue weighted by atomic mass is 9.94. The summed E-state index contributed by atoms with van der Waals surface area (Å²) in [6, 6.07) is 19.2. The number of amides is 2. The van der Waals surface area contributed by atoms with E-state index in [9.17, 15) is 9.18 Å². The normalized spacial score (nSPS) is 15.8. The molecule has 4 aromatic rings. The molecule has 0 saturated carbocycles. The molecule has 1 aromatic heterocycles. The van der Waals surface area contributed by atoms with Crippen molar-refractivity contribution in [1.82, 2.24) is 15.5 Å². The van der Waals surface area contributed by atoms with Crippen LogP contribution in [0.1, 0.15) is 24.4 Å². The van der Waals surface area contributed by atoms with Crippen LogP contribution in [0.4, 0.5) is 14.9 Å². The number of carbonyl (C=O) groups is 1. The van der Waals surface area contributed by atoms with E-state index in [1.54, 1.807) is 38.3 Å². The highest BCUT2D eigenvalue weighted by Gasteiger charge is 2.36. The van der Waals surface area contributed by atoms with Gasteiger partial charge in [-0.15, -0.1) is 0 Å². The average Bonchev–Trinajstić information content (AvgIpc) is 3.35. The van der Waals surface area contributed by atoms with Gasteiger partial charge in [0.05, 0.1) is 24.4 Å². The van der Waals surface area contributed by atoms with Crippen molar-refractivity contribution < 1.29 is 18.4 Å². The fraction of sp³-hybridized carbons (Fsp3) is 0.115. The number of carbonyl (C=O) groups excluding carboxylic acids is 1. The molecular weight excluding hydrogens is 471 g/mol. The number of allylic oxidation sites excluding steroid dienone is 1. The zero-order valence-corrected chi connectivity index (χ0v) is 19.6. The van der Waals surface area contributed by atoms with E-state index in [1.165, 1.54) is 29.2 Å². The van der Waals surface area contributed by atoms with Crippen LogP contribution in [0.5, 0.6) is 5.75 Å². The first kappa shape index (κ1) is 22.6. The third-order valence-electron chi connectivity index (χ3n) is 5.78. The number of nitrogens with zero attached hydrogens (tertiary/aromatic N) is 3. The maximum atomic E-state index is 13.5. The Labute approximate surface area is 205 Å². The van der Waals surface area contributed by atoms with Crippen molar-refractivity contribution in [2.45, 2.75) is 13.0 Å². The molecule has 0 spiro atoms. The van der Waals surface area contributed by atoms with Crippen LogP contribution in [0.2, 0.25) is 5.02 Å². The molecule has 1 N–H and O–H groups in total. The fourth-order valence-electron chi connectivity index (χ4n) is 4.02. The molecule has 0 radical (unpaired) electrons. The van der Waals surface area contributed by atoms with Crippen molar-refractivity contribution in [3.05, 3.63) is 101 Å². The molecule has 1 unspecified atom stereocenters. The molecule has 2 heterocycles. The lowest BCUT2D eigenvalue weighted by Crippen LogP contribution is -2.46. The molecule has 5 rings (SSSR count). The van der Waals surface area contributed by atoms with Gasteiger partial charge in [0.15, 0.2) is 0 Å². The molecule has 0 bridgehead atoms. The highest BCUT2D eigenvalue weighted by molar-refractivity contribution is 6.30. The quantitative estimate of drug-likeness (QED) is 0.358. The van der Waals surface area contributed by atoms with Crippen molar-refractivity contribution in [2.24, 2.45) is 0 Å². The van der Waals surface area contributed by atoms with Gasteiger partial charge in [0.1, 0.15) is 11.6 Å². The first-order valence-corrected chi connectivity index (χ1v) is 11.1. The number of methoxy groups -OCH3 is 1. The first-order valence-electron chi connectivity index (χ1n) is 10.8. The van der Waals surface area contributed by atoms with Crippen LogP contribution in [-0.4, -0.2) is 23.3 Å². The molecule has 2 amide bonds. The second kappa shape index (κ2) is 9.23. The van der Waals surface area contributed by atoms with Crippen LogP contribution in [-0.2, 0) is 0 Å². The van der Waals surface area contributed by atoms with Gasteiger partial charge in [-0.25, -0.2) is 9.18 Å². The van der Waals surface area contributed by atoms with E-state index in [-0.39, 0.29) is 11.9 Å². The van der Waals surface area contributed by atoms with Gasteiger partial charge in [0, 0.05) is 16.3 Å². The van der Waals surface area contributed by atoms with E-state index in [1.807, 2.05) is 24.3 Å². The molecule has 1 aliphatic heterocycles. The number of urea groups is 1. The van der Waals surface area contributed by atoms with E-state index < -0.39 is 11.9 Å². The Morgan fingerprint density at radius 1 is 1.03 bits per heavy atom. The Hall–Kier alpha value is -4.17. The SMILES string of the molecule is COc1ccc(C2NC(=O)N(c3ccc(F)cc3)C(C)=C2c2nc(-c3ccc(Cl)cc3)no2)cc1. The lowest BCUT2D eigenvalue weighted by Gasteiger charge is -2.35. The summed E-state index contributed by atoms with van der Waals surface area (Å²) in [5.74, 6) is 0.929. The molecular formula is C26H20ClFN4O3. The molecule has 176 valence electrons. The van der Waals surface area contributed by atoms with Gasteiger partial charge < -0.3 is 14.6 Å². The number of anilines is 1. The zero-order valence-electron chi connectivity index (χ0n) is 18.8.